The molecule has 7 heteroatoms. The number of ether oxygens (including phenoxy) is 2. The van der Waals surface area contributed by atoms with Gasteiger partial charge in [-0.3, -0.25) is 9.69 Å². The minimum absolute atomic E-state index is 0.00843. The summed E-state index contributed by atoms with van der Waals surface area (Å²) in [5.41, 5.74) is 2.04. The van der Waals surface area contributed by atoms with Crippen LogP contribution in [0.3, 0.4) is 0 Å². The summed E-state index contributed by atoms with van der Waals surface area (Å²) >= 11 is 12.1. The van der Waals surface area contributed by atoms with Crippen LogP contribution in [0.5, 0.6) is 11.5 Å². The van der Waals surface area contributed by atoms with Crippen LogP contribution in [0.25, 0.3) is 0 Å². The van der Waals surface area contributed by atoms with E-state index in [9.17, 15) is 4.79 Å². The van der Waals surface area contributed by atoms with Crippen molar-refractivity contribution in [1.29, 1.82) is 0 Å². The van der Waals surface area contributed by atoms with Crippen molar-refractivity contribution in [3.63, 3.8) is 0 Å². The van der Waals surface area contributed by atoms with Crippen LogP contribution in [-0.2, 0) is 11.3 Å². The average molecular weight is 451 g/mol. The number of nitrogens with zero attached hydrogens (tertiary/aromatic N) is 1. The van der Waals surface area contributed by atoms with Gasteiger partial charge in [-0.25, -0.2) is 0 Å². The highest BCUT2D eigenvalue weighted by Crippen LogP contribution is 2.30. The molecule has 1 aliphatic heterocycles. The van der Waals surface area contributed by atoms with Gasteiger partial charge in [0.25, 0.3) is 0 Å². The van der Waals surface area contributed by atoms with E-state index < -0.39 is 0 Å². The molecule has 1 saturated heterocycles. The SMILES string of the molecule is COc1ccc(OC)c(C(C)NC(=O)C2CCN(Cc3ccc(Cl)c(Cl)c3)CC2)c1. The molecule has 1 unspecified atom stereocenters. The molecule has 1 fully saturated rings. The molecule has 162 valence electrons. The molecule has 2 aromatic rings. The van der Waals surface area contributed by atoms with Crippen LogP contribution in [-0.4, -0.2) is 38.1 Å². The highest BCUT2D eigenvalue weighted by atomic mass is 35.5. The number of nitrogens with one attached hydrogen (secondary N) is 1. The molecule has 0 aromatic heterocycles. The third-order valence-electron chi connectivity index (χ3n) is 5.61. The topological polar surface area (TPSA) is 50.8 Å². The van der Waals surface area contributed by atoms with Crippen molar-refractivity contribution in [3.8, 4) is 11.5 Å². The normalized spacial score (nSPS) is 16.2. The summed E-state index contributed by atoms with van der Waals surface area (Å²) in [6.07, 6.45) is 1.66. The number of carbonyl (C=O) groups excluding carboxylic acids is 1. The van der Waals surface area contributed by atoms with Gasteiger partial charge in [-0.1, -0.05) is 29.3 Å². The molecule has 2 aromatic carbocycles. The van der Waals surface area contributed by atoms with Crippen molar-refractivity contribution in [2.45, 2.75) is 32.4 Å². The number of carbonyl (C=O) groups is 1. The van der Waals surface area contributed by atoms with Gasteiger partial charge >= 0.3 is 0 Å². The maximum absolute atomic E-state index is 12.8. The van der Waals surface area contributed by atoms with Crippen molar-refractivity contribution < 1.29 is 14.3 Å². The van der Waals surface area contributed by atoms with E-state index in [2.05, 4.69) is 10.2 Å². The number of methoxy groups -OCH3 is 2. The summed E-state index contributed by atoms with van der Waals surface area (Å²) in [6, 6.07) is 11.2. The van der Waals surface area contributed by atoms with Gasteiger partial charge < -0.3 is 14.8 Å². The predicted molar refractivity (Wildman–Crippen MR) is 121 cm³/mol. The van der Waals surface area contributed by atoms with E-state index >= 15 is 0 Å². The zero-order chi connectivity index (χ0) is 21.7. The molecule has 0 spiro atoms. The molecule has 0 aliphatic carbocycles. The maximum atomic E-state index is 12.8. The fourth-order valence-electron chi connectivity index (χ4n) is 3.84. The number of halogens is 2. The molecule has 0 radical (unpaired) electrons. The Bertz CT molecular complexity index is 883. The first-order valence-corrected chi connectivity index (χ1v) is 10.9. The third-order valence-corrected chi connectivity index (χ3v) is 6.35. The lowest BCUT2D eigenvalue weighted by Gasteiger charge is -2.32. The Balaban J connectivity index is 1.54. The Morgan fingerprint density at radius 3 is 2.47 bits per heavy atom. The summed E-state index contributed by atoms with van der Waals surface area (Å²) in [5.74, 6) is 1.57. The molecule has 1 amide bonds. The van der Waals surface area contributed by atoms with E-state index in [-0.39, 0.29) is 17.9 Å². The lowest BCUT2D eigenvalue weighted by atomic mass is 9.94. The lowest BCUT2D eigenvalue weighted by Crippen LogP contribution is -2.40. The number of benzene rings is 2. The first-order valence-electron chi connectivity index (χ1n) is 10.1. The largest absolute Gasteiger partial charge is 0.497 e. The Labute approximate surface area is 188 Å². The summed E-state index contributed by atoms with van der Waals surface area (Å²) in [6.45, 7) is 4.52. The van der Waals surface area contributed by atoms with Crippen molar-refractivity contribution in [3.05, 3.63) is 57.6 Å². The quantitative estimate of drug-likeness (QED) is 0.637. The number of rotatable bonds is 7. The van der Waals surface area contributed by atoms with Crippen LogP contribution >= 0.6 is 23.2 Å². The van der Waals surface area contributed by atoms with Crippen LogP contribution < -0.4 is 14.8 Å². The summed E-state index contributed by atoms with van der Waals surface area (Å²) in [5, 5.41) is 4.29. The minimum Gasteiger partial charge on any atom is -0.497 e. The second-order valence-corrected chi connectivity index (χ2v) is 8.45. The third kappa shape index (κ3) is 5.60. The molecule has 1 N–H and O–H groups in total. The molecule has 1 aliphatic rings. The molecular weight excluding hydrogens is 423 g/mol. The summed E-state index contributed by atoms with van der Waals surface area (Å²) in [7, 11) is 3.25. The molecule has 0 bridgehead atoms. The second kappa shape index (κ2) is 10.4. The Hall–Kier alpha value is -1.95. The number of likely N-dealkylation sites (tertiary alicyclic amines) is 1. The lowest BCUT2D eigenvalue weighted by molar-refractivity contribution is -0.127. The number of hydrogen-bond donors (Lipinski definition) is 1. The van der Waals surface area contributed by atoms with E-state index in [4.69, 9.17) is 32.7 Å². The van der Waals surface area contributed by atoms with Crippen molar-refractivity contribution >= 4 is 29.1 Å². The fourth-order valence-corrected chi connectivity index (χ4v) is 4.16. The number of piperidine rings is 1. The van der Waals surface area contributed by atoms with E-state index in [0.29, 0.717) is 10.0 Å². The molecule has 30 heavy (non-hydrogen) atoms. The molecule has 5 nitrogen and oxygen atoms in total. The fraction of sp³-hybridized carbons (Fsp3) is 0.435. The smallest absolute Gasteiger partial charge is 0.223 e. The van der Waals surface area contributed by atoms with E-state index in [1.54, 1.807) is 14.2 Å². The van der Waals surface area contributed by atoms with Gasteiger partial charge in [-0.15, -0.1) is 0 Å². The van der Waals surface area contributed by atoms with Crippen molar-refractivity contribution in [2.75, 3.05) is 27.3 Å². The van der Waals surface area contributed by atoms with Gasteiger partial charge in [-0.05, 0) is 68.8 Å². The van der Waals surface area contributed by atoms with Crippen LogP contribution in [0.2, 0.25) is 10.0 Å². The van der Waals surface area contributed by atoms with Crippen LogP contribution in [0, 0.1) is 5.92 Å². The zero-order valence-corrected chi connectivity index (χ0v) is 19.1. The van der Waals surface area contributed by atoms with E-state index in [1.807, 2.05) is 43.3 Å². The highest BCUT2D eigenvalue weighted by Gasteiger charge is 2.26. The minimum atomic E-state index is -0.170. The molecule has 1 atom stereocenters. The van der Waals surface area contributed by atoms with Gasteiger partial charge in [0.1, 0.15) is 11.5 Å². The average Bonchev–Trinajstić information content (AvgIpc) is 2.76. The number of amides is 1. The van der Waals surface area contributed by atoms with Gasteiger partial charge in [-0.2, -0.15) is 0 Å². The number of hydrogen-bond acceptors (Lipinski definition) is 4. The molecule has 1 heterocycles. The highest BCUT2D eigenvalue weighted by molar-refractivity contribution is 6.42. The predicted octanol–water partition coefficient (Wildman–Crippen LogP) is 5.10. The van der Waals surface area contributed by atoms with Crippen LogP contribution in [0.4, 0.5) is 0 Å². The maximum Gasteiger partial charge on any atom is 0.223 e. The van der Waals surface area contributed by atoms with Gasteiger partial charge in [0, 0.05) is 18.0 Å². The molecule has 3 rings (SSSR count). The Kier molecular flexibility index (Phi) is 7.87. The Morgan fingerprint density at radius 2 is 1.83 bits per heavy atom. The monoisotopic (exact) mass is 450 g/mol. The van der Waals surface area contributed by atoms with Crippen molar-refractivity contribution in [2.24, 2.45) is 5.92 Å². The summed E-state index contributed by atoms with van der Waals surface area (Å²) < 4.78 is 10.8. The summed E-state index contributed by atoms with van der Waals surface area (Å²) in [4.78, 5) is 15.2. The van der Waals surface area contributed by atoms with Gasteiger partial charge in [0.2, 0.25) is 5.91 Å². The van der Waals surface area contributed by atoms with E-state index in [1.165, 1.54) is 0 Å². The first-order chi connectivity index (χ1) is 14.4. The van der Waals surface area contributed by atoms with Crippen LogP contribution in [0.1, 0.15) is 36.9 Å². The second-order valence-electron chi connectivity index (χ2n) is 7.64. The van der Waals surface area contributed by atoms with E-state index in [0.717, 1.165) is 55.1 Å². The Morgan fingerprint density at radius 1 is 1.10 bits per heavy atom. The zero-order valence-electron chi connectivity index (χ0n) is 17.6. The van der Waals surface area contributed by atoms with Crippen molar-refractivity contribution in [1.82, 2.24) is 10.2 Å². The van der Waals surface area contributed by atoms with Gasteiger partial charge in [0.15, 0.2) is 0 Å². The molecular formula is C23H28Cl2N2O3. The molecule has 0 saturated carbocycles. The van der Waals surface area contributed by atoms with Gasteiger partial charge in [0.05, 0.1) is 30.3 Å². The first kappa shape index (κ1) is 22.7. The standard InChI is InChI=1S/C23H28Cl2N2O3/c1-15(19-13-18(29-2)5-7-22(19)30-3)26-23(28)17-8-10-27(11-9-17)14-16-4-6-20(24)21(25)12-16/h4-7,12-13,15,17H,8-11,14H2,1-3H3,(H,26,28). The van der Waals surface area contributed by atoms with Crippen LogP contribution in [0.15, 0.2) is 36.4 Å².